The molecule has 0 bridgehead atoms. The molecule has 2 amide bonds. The number of amides is 2. The van der Waals surface area contributed by atoms with Crippen molar-refractivity contribution >= 4 is 50.6 Å². The highest BCUT2D eigenvalue weighted by Gasteiger charge is 2.34. The Labute approximate surface area is 150 Å². The lowest BCUT2D eigenvalue weighted by Gasteiger charge is -2.14. The Morgan fingerprint density at radius 2 is 1.96 bits per heavy atom. The maximum Gasteiger partial charge on any atom is 0.295 e. The van der Waals surface area contributed by atoms with Gasteiger partial charge in [0.15, 0.2) is 0 Å². The molecule has 7 heteroatoms. The van der Waals surface area contributed by atoms with Gasteiger partial charge in [-0.15, -0.1) is 0 Å². The van der Waals surface area contributed by atoms with Gasteiger partial charge < -0.3 is 5.32 Å². The van der Waals surface area contributed by atoms with Crippen LogP contribution >= 0.6 is 27.7 Å². The first kappa shape index (κ1) is 16.7. The standard InChI is InChI=1S/C17H12BrFN2O2S/c18-12-4-1-3-11(7-12)8-15-16(22)21(17(23)24-15)10-20-14-6-2-5-13(19)9-14/h1-9,20H,10H2/b15-8+. The fraction of sp³-hybridized carbons (Fsp3) is 0.0588. The average Bonchev–Trinajstić information content (AvgIpc) is 2.79. The quantitative estimate of drug-likeness (QED) is 0.747. The van der Waals surface area contributed by atoms with Crippen molar-refractivity contribution in [1.29, 1.82) is 0 Å². The van der Waals surface area contributed by atoms with Crippen molar-refractivity contribution in [2.24, 2.45) is 0 Å². The summed E-state index contributed by atoms with van der Waals surface area (Å²) >= 11 is 4.26. The summed E-state index contributed by atoms with van der Waals surface area (Å²) in [5, 5.41) is 2.52. The maximum atomic E-state index is 13.2. The van der Waals surface area contributed by atoms with Crippen LogP contribution in [0.4, 0.5) is 14.9 Å². The van der Waals surface area contributed by atoms with Gasteiger partial charge in [-0.3, -0.25) is 14.5 Å². The minimum absolute atomic E-state index is 0.00998. The molecule has 0 radical (unpaired) electrons. The zero-order valence-corrected chi connectivity index (χ0v) is 14.7. The van der Waals surface area contributed by atoms with E-state index in [1.807, 2.05) is 24.3 Å². The predicted octanol–water partition coefficient (Wildman–Crippen LogP) is 4.69. The van der Waals surface area contributed by atoms with Gasteiger partial charge >= 0.3 is 0 Å². The largest absolute Gasteiger partial charge is 0.367 e. The number of benzene rings is 2. The first-order valence-corrected chi connectivity index (χ1v) is 8.64. The number of anilines is 1. The van der Waals surface area contributed by atoms with E-state index in [0.717, 1.165) is 26.7 Å². The van der Waals surface area contributed by atoms with E-state index >= 15 is 0 Å². The van der Waals surface area contributed by atoms with Crippen molar-refractivity contribution in [3.8, 4) is 0 Å². The topological polar surface area (TPSA) is 49.4 Å². The molecule has 4 nitrogen and oxygen atoms in total. The molecule has 1 aliphatic heterocycles. The number of halogens is 2. The van der Waals surface area contributed by atoms with Crippen molar-refractivity contribution < 1.29 is 14.0 Å². The van der Waals surface area contributed by atoms with Gasteiger partial charge in [0.2, 0.25) is 0 Å². The number of hydrogen-bond donors (Lipinski definition) is 1. The SMILES string of the molecule is O=C1S/C(=C/c2cccc(Br)c2)C(=O)N1CNc1cccc(F)c1. The normalized spacial score (nSPS) is 16.1. The summed E-state index contributed by atoms with van der Waals surface area (Å²) in [4.78, 5) is 25.9. The summed E-state index contributed by atoms with van der Waals surface area (Å²) in [6, 6.07) is 13.3. The predicted molar refractivity (Wildman–Crippen MR) is 96.8 cm³/mol. The maximum absolute atomic E-state index is 13.2. The lowest BCUT2D eigenvalue weighted by Crippen LogP contribution is -2.33. The fourth-order valence-electron chi connectivity index (χ4n) is 2.15. The molecule has 0 spiro atoms. The molecule has 1 fully saturated rings. The first-order chi connectivity index (χ1) is 11.5. The zero-order valence-electron chi connectivity index (χ0n) is 12.3. The van der Waals surface area contributed by atoms with Crippen LogP contribution in [0.3, 0.4) is 0 Å². The van der Waals surface area contributed by atoms with E-state index in [0.29, 0.717) is 10.6 Å². The van der Waals surface area contributed by atoms with Crippen molar-refractivity contribution in [2.45, 2.75) is 0 Å². The second kappa shape index (κ2) is 7.19. The minimum atomic E-state index is -0.385. The Hall–Kier alpha value is -2.12. The van der Waals surface area contributed by atoms with Gasteiger partial charge in [-0.05, 0) is 53.7 Å². The molecule has 1 N–H and O–H groups in total. The van der Waals surface area contributed by atoms with E-state index in [1.165, 1.54) is 12.1 Å². The Kier molecular flexibility index (Phi) is 5.01. The fourth-order valence-corrected chi connectivity index (χ4v) is 3.41. The number of imide groups is 1. The second-order valence-electron chi connectivity index (χ2n) is 5.01. The zero-order chi connectivity index (χ0) is 17.1. The molecule has 0 aromatic heterocycles. The van der Waals surface area contributed by atoms with E-state index in [9.17, 15) is 14.0 Å². The summed E-state index contributed by atoms with van der Waals surface area (Å²) in [7, 11) is 0. The van der Waals surface area contributed by atoms with Crippen LogP contribution in [0.25, 0.3) is 6.08 Å². The number of rotatable bonds is 4. The molecule has 0 atom stereocenters. The lowest BCUT2D eigenvalue weighted by atomic mass is 10.2. The average molecular weight is 407 g/mol. The van der Waals surface area contributed by atoms with Crippen molar-refractivity contribution in [2.75, 3.05) is 12.0 Å². The van der Waals surface area contributed by atoms with Crippen LogP contribution in [-0.4, -0.2) is 22.7 Å². The first-order valence-electron chi connectivity index (χ1n) is 7.03. The van der Waals surface area contributed by atoms with Gasteiger partial charge in [-0.1, -0.05) is 34.1 Å². The van der Waals surface area contributed by atoms with E-state index < -0.39 is 0 Å². The number of nitrogens with zero attached hydrogens (tertiary/aromatic N) is 1. The van der Waals surface area contributed by atoms with Crippen LogP contribution in [0.1, 0.15) is 5.56 Å². The number of carbonyl (C=O) groups excluding carboxylic acids is 2. The molecule has 0 aliphatic carbocycles. The molecule has 3 rings (SSSR count). The lowest BCUT2D eigenvalue weighted by molar-refractivity contribution is -0.122. The molecule has 1 aliphatic rings. The van der Waals surface area contributed by atoms with Crippen LogP contribution < -0.4 is 5.32 Å². The smallest absolute Gasteiger partial charge is 0.295 e. The monoisotopic (exact) mass is 406 g/mol. The highest BCUT2D eigenvalue weighted by molar-refractivity contribution is 9.10. The van der Waals surface area contributed by atoms with E-state index in [2.05, 4.69) is 21.2 Å². The van der Waals surface area contributed by atoms with Crippen LogP contribution in [0.2, 0.25) is 0 Å². The van der Waals surface area contributed by atoms with Crippen molar-refractivity contribution in [3.05, 3.63) is 69.3 Å². The van der Waals surface area contributed by atoms with Crippen molar-refractivity contribution in [3.63, 3.8) is 0 Å². The van der Waals surface area contributed by atoms with Crippen LogP contribution in [0.15, 0.2) is 57.9 Å². The number of hydrogen-bond acceptors (Lipinski definition) is 4. The summed E-state index contributed by atoms with van der Waals surface area (Å²) in [6.07, 6.45) is 1.68. The minimum Gasteiger partial charge on any atom is -0.367 e. The van der Waals surface area contributed by atoms with Crippen LogP contribution in [0, 0.1) is 5.82 Å². The molecule has 0 unspecified atom stereocenters. The third-order valence-corrected chi connectivity index (χ3v) is 4.69. The molecular formula is C17H12BrFN2O2S. The van der Waals surface area contributed by atoms with E-state index in [-0.39, 0.29) is 23.6 Å². The Bertz CT molecular complexity index is 841. The van der Waals surface area contributed by atoms with Gasteiger partial charge in [-0.2, -0.15) is 0 Å². The van der Waals surface area contributed by atoms with Gasteiger partial charge in [-0.25, -0.2) is 4.39 Å². The Morgan fingerprint density at radius 3 is 2.71 bits per heavy atom. The molecule has 0 saturated carbocycles. The molecule has 24 heavy (non-hydrogen) atoms. The van der Waals surface area contributed by atoms with Gasteiger partial charge in [0, 0.05) is 10.2 Å². The number of carbonyl (C=O) groups is 2. The van der Waals surface area contributed by atoms with Crippen molar-refractivity contribution in [1.82, 2.24) is 4.90 Å². The van der Waals surface area contributed by atoms with Gasteiger partial charge in [0.1, 0.15) is 5.82 Å². The van der Waals surface area contributed by atoms with E-state index in [1.54, 1.807) is 18.2 Å². The van der Waals surface area contributed by atoms with E-state index in [4.69, 9.17) is 0 Å². The number of nitrogens with one attached hydrogen (secondary N) is 1. The Morgan fingerprint density at radius 1 is 1.17 bits per heavy atom. The molecule has 1 saturated heterocycles. The second-order valence-corrected chi connectivity index (χ2v) is 6.92. The van der Waals surface area contributed by atoms with Crippen LogP contribution in [0.5, 0.6) is 0 Å². The highest BCUT2D eigenvalue weighted by Crippen LogP contribution is 2.32. The van der Waals surface area contributed by atoms with Gasteiger partial charge in [0.25, 0.3) is 11.1 Å². The highest BCUT2D eigenvalue weighted by atomic mass is 79.9. The third kappa shape index (κ3) is 3.85. The molecule has 2 aromatic carbocycles. The summed E-state index contributed by atoms with van der Waals surface area (Å²) in [5.74, 6) is -0.752. The molecular weight excluding hydrogens is 395 g/mol. The third-order valence-electron chi connectivity index (χ3n) is 3.29. The summed E-state index contributed by atoms with van der Waals surface area (Å²) in [5.41, 5.74) is 1.33. The summed E-state index contributed by atoms with van der Waals surface area (Å²) in [6.45, 7) is -0.00998. The molecule has 122 valence electrons. The Balaban J connectivity index is 1.72. The molecule has 2 aromatic rings. The molecule has 1 heterocycles. The van der Waals surface area contributed by atoms with Gasteiger partial charge in [0.05, 0.1) is 11.6 Å². The van der Waals surface area contributed by atoms with Crippen LogP contribution in [-0.2, 0) is 4.79 Å². The summed E-state index contributed by atoms with van der Waals surface area (Å²) < 4.78 is 14.0. The number of thioether (sulfide) groups is 1.